The van der Waals surface area contributed by atoms with E-state index in [2.05, 4.69) is 24.3 Å². The summed E-state index contributed by atoms with van der Waals surface area (Å²) in [5.41, 5.74) is 1.36. The number of rotatable bonds is 4. The molecule has 1 aromatic rings. The number of hydrogen-bond donors (Lipinski definition) is 0. The van der Waals surface area contributed by atoms with Gasteiger partial charge in [-0.15, -0.1) is 0 Å². The van der Waals surface area contributed by atoms with Crippen molar-refractivity contribution in [2.45, 2.75) is 26.2 Å². The van der Waals surface area contributed by atoms with Crippen LogP contribution in [0.3, 0.4) is 0 Å². The van der Waals surface area contributed by atoms with Gasteiger partial charge in [0.1, 0.15) is 0 Å². The van der Waals surface area contributed by atoms with Crippen LogP contribution in [0.4, 0.5) is 0 Å². The standard InChI is InChI=1S/C14H19NO/c1-12-9-11-15(14(12)16)10-5-8-13-6-3-2-4-7-13/h2-4,6-7,12H,5,8-11H2,1H3. The highest BCUT2D eigenvalue weighted by atomic mass is 16.2. The van der Waals surface area contributed by atoms with E-state index >= 15 is 0 Å². The average Bonchev–Trinajstić information content (AvgIpc) is 2.62. The van der Waals surface area contributed by atoms with Gasteiger partial charge in [-0.3, -0.25) is 4.79 Å². The molecular weight excluding hydrogens is 198 g/mol. The summed E-state index contributed by atoms with van der Waals surface area (Å²) in [4.78, 5) is 13.7. The van der Waals surface area contributed by atoms with Crippen molar-refractivity contribution in [2.24, 2.45) is 5.92 Å². The van der Waals surface area contributed by atoms with Gasteiger partial charge in [-0.2, -0.15) is 0 Å². The Bertz CT molecular complexity index is 347. The lowest BCUT2D eigenvalue weighted by Crippen LogP contribution is -2.27. The molecule has 0 saturated carbocycles. The highest BCUT2D eigenvalue weighted by Gasteiger charge is 2.26. The van der Waals surface area contributed by atoms with Crippen LogP contribution in [-0.2, 0) is 11.2 Å². The minimum atomic E-state index is 0.247. The van der Waals surface area contributed by atoms with Crippen LogP contribution in [0, 0.1) is 5.92 Å². The second-order valence-corrected chi connectivity index (χ2v) is 4.60. The molecule has 86 valence electrons. The summed E-state index contributed by atoms with van der Waals surface area (Å²) in [7, 11) is 0. The highest BCUT2D eigenvalue weighted by Crippen LogP contribution is 2.17. The number of aryl methyl sites for hydroxylation is 1. The Morgan fingerprint density at radius 2 is 2.06 bits per heavy atom. The topological polar surface area (TPSA) is 20.3 Å². The molecule has 0 aliphatic carbocycles. The van der Waals surface area contributed by atoms with Crippen molar-refractivity contribution >= 4 is 5.91 Å². The van der Waals surface area contributed by atoms with Crippen molar-refractivity contribution in [1.82, 2.24) is 4.90 Å². The van der Waals surface area contributed by atoms with Crippen molar-refractivity contribution in [1.29, 1.82) is 0 Å². The summed E-state index contributed by atoms with van der Waals surface area (Å²) in [6, 6.07) is 10.5. The fraction of sp³-hybridized carbons (Fsp3) is 0.500. The number of carbonyl (C=O) groups excluding carboxylic acids is 1. The Labute approximate surface area is 97.3 Å². The average molecular weight is 217 g/mol. The third-order valence-corrected chi connectivity index (χ3v) is 3.30. The molecule has 1 aliphatic rings. The summed E-state index contributed by atoms with van der Waals surface area (Å²) in [6.45, 7) is 3.90. The molecule has 2 heteroatoms. The molecule has 0 bridgehead atoms. The van der Waals surface area contributed by atoms with Crippen LogP contribution in [0.5, 0.6) is 0 Å². The molecule has 1 atom stereocenters. The van der Waals surface area contributed by atoms with E-state index in [1.807, 2.05) is 17.9 Å². The van der Waals surface area contributed by atoms with Gasteiger partial charge in [0, 0.05) is 19.0 Å². The van der Waals surface area contributed by atoms with Crippen molar-refractivity contribution < 1.29 is 4.79 Å². The maximum absolute atomic E-state index is 11.7. The van der Waals surface area contributed by atoms with Crippen molar-refractivity contribution in [3.63, 3.8) is 0 Å². The first-order chi connectivity index (χ1) is 7.77. The van der Waals surface area contributed by atoms with Crippen LogP contribution < -0.4 is 0 Å². The summed E-state index contributed by atoms with van der Waals surface area (Å²) < 4.78 is 0. The van der Waals surface area contributed by atoms with Gasteiger partial charge >= 0.3 is 0 Å². The van der Waals surface area contributed by atoms with E-state index in [9.17, 15) is 4.79 Å². The van der Waals surface area contributed by atoms with Crippen LogP contribution >= 0.6 is 0 Å². The minimum absolute atomic E-state index is 0.247. The van der Waals surface area contributed by atoms with Crippen molar-refractivity contribution in [3.05, 3.63) is 35.9 Å². The van der Waals surface area contributed by atoms with Crippen molar-refractivity contribution in [2.75, 3.05) is 13.1 Å². The summed E-state index contributed by atoms with van der Waals surface area (Å²) in [6.07, 6.45) is 3.17. The number of hydrogen-bond acceptors (Lipinski definition) is 1. The number of carbonyl (C=O) groups is 1. The first-order valence-electron chi connectivity index (χ1n) is 6.10. The van der Waals surface area contributed by atoms with E-state index in [4.69, 9.17) is 0 Å². The van der Waals surface area contributed by atoms with Crippen molar-refractivity contribution in [3.8, 4) is 0 Å². The molecule has 1 amide bonds. The number of amides is 1. The maximum Gasteiger partial charge on any atom is 0.225 e. The van der Waals surface area contributed by atoms with E-state index < -0.39 is 0 Å². The first-order valence-corrected chi connectivity index (χ1v) is 6.10. The monoisotopic (exact) mass is 217 g/mol. The lowest BCUT2D eigenvalue weighted by molar-refractivity contribution is -0.130. The SMILES string of the molecule is CC1CCN(CCCc2ccccc2)C1=O. The second-order valence-electron chi connectivity index (χ2n) is 4.60. The lowest BCUT2D eigenvalue weighted by Gasteiger charge is -2.15. The zero-order chi connectivity index (χ0) is 11.4. The number of benzene rings is 1. The normalized spacial score (nSPS) is 20.4. The predicted octanol–water partition coefficient (Wildman–Crippen LogP) is 2.49. The van der Waals surface area contributed by atoms with Gasteiger partial charge in [0.05, 0.1) is 0 Å². The molecule has 1 heterocycles. The van der Waals surface area contributed by atoms with Gasteiger partial charge in [-0.1, -0.05) is 37.3 Å². The second kappa shape index (κ2) is 5.15. The molecule has 1 aliphatic heterocycles. The Hall–Kier alpha value is -1.31. The number of likely N-dealkylation sites (tertiary alicyclic amines) is 1. The lowest BCUT2D eigenvalue weighted by atomic mass is 10.1. The van der Waals surface area contributed by atoms with Crippen LogP contribution in [0.1, 0.15) is 25.3 Å². The quantitative estimate of drug-likeness (QED) is 0.758. The highest BCUT2D eigenvalue weighted by molar-refractivity contribution is 5.80. The third-order valence-electron chi connectivity index (χ3n) is 3.30. The summed E-state index contributed by atoms with van der Waals surface area (Å²) >= 11 is 0. The Kier molecular flexibility index (Phi) is 3.60. The van der Waals surface area contributed by atoms with Gasteiger partial charge in [0.25, 0.3) is 0 Å². The third kappa shape index (κ3) is 2.63. The zero-order valence-electron chi connectivity index (χ0n) is 9.86. The molecule has 0 radical (unpaired) electrons. The molecule has 1 unspecified atom stereocenters. The first kappa shape index (κ1) is 11.2. The maximum atomic E-state index is 11.7. The van der Waals surface area contributed by atoms with E-state index in [1.54, 1.807) is 0 Å². The van der Waals surface area contributed by atoms with Gasteiger partial charge in [-0.25, -0.2) is 0 Å². The van der Waals surface area contributed by atoms with Crippen LogP contribution in [0.2, 0.25) is 0 Å². The summed E-state index contributed by atoms with van der Waals surface area (Å²) in [5.74, 6) is 0.588. The van der Waals surface area contributed by atoms with Gasteiger partial charge in [0.15, 0.2) is 0 Å². The van der Waals surface area contributed by atoms with Gasteiger partial charge in [-0.05, 0) is 24.8 Å². The molecule has 2 nitrogen and oxygen atoms in total. The predicted molar refractivity (Wildman–Crippen MR) is 65.1 cm³/mol. The van der Waals surface area contributed by atoms with E-state index in [-0.39, 0.29) is 5.92 Å². The largest absolute Gasteiger partial charge is 0.342 e. The Balaban J connectivity index is 1.75. The molecule has 0 N–H and O–H groups in total. The smallest absolute Gasteiger partial charge is 0.225 e. The Morgan fingerprint density at radius 1 is 1.31 bits per heavy atom. The molecule has 1 saturated heterocycles. The molecule has 0 spiro atoms. The van der Waals surface area contributed by atoms with Crippen LogP contribution in [0.15, 0.2) is 30.3 Å². The molecule has 1 fully saturated rings. The molecule has 16 heavy (non-hydrogen) atoms. The van der Waals surface area contributed by atoms with E-state index in [1.165, 1.54) is 5.56 Å². The fourth-order valence-electron chi connectivity index (χ4n) is 2.24. The fourth-order valence-corrected chi connectivity index (χ4v) is 2.24. The van der Waals surface area contributed by atoms with E-state index in [0.29, 0.717) is 5.91 Å². The zero-order valence-corrected chi connectivity index (χ0v) is 9.86. The molecular formula is C14H19NO. The summed E-state index contributed by atoms with van der Waals surface area (Å²) in [5, 5.41) is 0. The molecule has 2 rings (SSSR count). The van der Waals surface area contributed by atoms with Gasteiger partial charge < -0.3 is 4.90 Å². The van der Waals surface area contributed by atoms with Crippen LogP contribution in [0.25, 0.3) is 0 Å². The molecule has 0 aromatic heterocycles. The molecule has 1 aromatic carbocycles. The van der Waals surface area contributed by atoms with Gasteiger partial charge in [0.2, 0.25) is 5.91 Å². The minimum Gasteiger partial charge on any atom is -0.342 e. The van der Waals surface area contributed by atoms with Crippen LogP contribution in [-0.4, -0.2) is 23.9 Å². The van der Waals surface area contributed by atoms with E-state index in [0.717, 1.165) is 32.4 Å². The number of nitrogens with zero attached hydrogens (tertiary/aromatic N) is 1. The Morgan fingerprint density at radius 3 is 2.69 bits per heavy atom.